The van der Waals surface area contributed by atoms with E-state index >= 15 is 0 Å². The van der Waals surface area contributed by atoms with E-state index in [1.807, 2.05) is 55.5 Å². The van der Waals surface area contributed by atoms with Gasteiger partial charge in [-0.15, -0.1) is 0 Å². The summed E-state index contributed by atoms with van der Waals surface area (Å²) in [5, 5.41) is 4.10. The molecule has 0 saturated carbocycles. The summed E-state index contributed by atoms with van der Waals surface area (Å²) in [6.07, 6.45) is 13.2. The number of nitrogens with zero attached hydrogens (tertiary/aromatic N) is 1. The number of rotatable bonds is 9. The molecule has 150 valence electrons. The lowest BCUT2D eigenvalue weighted by atomic mass is 9.98. The lowest BCUT2D eigenvalue weighted by Gasteiger charge is -2.13. The average molecular weight is 387 g/mol. The Labute approximate surface area is 173 Å². The molecule has 0 spiro atoms. The van der Waals surface area contributed by atoms with Crippen LogP contribution in [0.4, 0.5) is 5.69 Å². The van der Waals surface area contributed by atoms with Crippen LogP contribution in [0, 0.1) is 6.92 Å². The van der Waals surface area contributed by atoms with Gasteiger partial charge in [0.25, 0.3) is 5.91 Å². The number of fused-ring (bicyclic) bond motifs is 1. The molecule has 1 N–H and O–H groups in total. The van der Waals surface area contributed by atoms with Crippen LogP contribution in [0.15, 0.2) is 66.9 Å². The van der Waals surface area contributed by atoms with Crippen LogP contribution >= 0.6 is 0 Å². The molecule has 0 aliphatic rings. The van der Waals surface area contributed by atoms with Gasteiger partial charge in [0.05, 0.1) is 11.2 Å². The molecule has 3 aromatic rings. The predicted octanol–water partition coefficient (Wildman–Crippen LogP) is 6.86. The summed E-state index contributed by atoms with van der Waals surface area (Å²) in [7, 11) is 0. The Balaban J connectivity index is 1.74. The first-order chi connectivity index (χ1) is 14.2. The van der Waals surface area contributed by atoms with E-state index in [0.29, 0.717) is 0 Å². The lowest BCUT2D eigenvalue weighted by molar-refractivity contribution is 0.102. The summed E-state index contributed by atoms with van der Waals surface area (Å²) in [6.45, 7) is 4.22. The second-order valence-corrected chi connectivity index (χ2v) is 7.47. The number of carbonyl (C=O) groups excluding carboxylic acids is 1. The minimum Gasteiger partial charge on any atom is -0.320 e. The highest BCUT2D eigenvalue weighted by Crippen LogP contribution is 2.23. The monoisotopic (exact) mass is 386 g/mol. The first-order valence-electron chi connectivity index (χ1n) is 10.6. The second kappa shape index (κ2) is 10.6. The van der Waals surface area contributed by atoms with Crippen LogP contribution in [0.25, 0.3) is 10.9 Å². The van der Waals surface area contributed by atoms with Gasteiger partial charge in [0.15, 0.2) is 0 Å². The van der Waals surface area contributed by atoms with Gasteiger partial charge in [-0.05, 0) is 49.4 Å². The zero-order valence-corrected chi connectivity index (χ0v) is 17.4. The van der Waals surface area contributed by atoms with Crippen molar-refractivity contribution >= 4 is 22.5 Å². The van der Waals surface area contributed by atoms with Crippen molar-refractivity contribution in [2.24, 2.45) is 0 Å². The third kappa shape index (κ3) is 5.54. The molecule has 2 aromatic carbocycles. The van der Waals surface area contributed by atoms with Gasteiger partial charge < -0.3 is 5.32 Å². The largest absolute Gasteiger partial charge is 0.320 e. The van der Waals surface area contributed by atoms with Gasteiger partial charge in [0.1, 0.15) is 0 Å². The molecule has 3 nitrogen and oxygen atoms in total. The third-order valence-corrected chi connectivity index (χ3v) is 5.20. The number of aromatic nitrogens is 1. The Morgan fingerprint density at radius 2 is 1.83 bits per heavy atom. The minimum absolute atomic E-state index is 0.0763. The molecular formula is C26H30N2O. The number of para-hydroxylation sites is 1. The summed E-state index contributed by atoms with van der Waals surface area (Å²) in [5.41, 5.74) is 4.36. The highest BCUT2D eigenvalue weighted by Gasteiger charge is 2.15. The first kappa shape index (κ1) is 20.8. The highest BCUT2D eigenvalue weighted by molar-refractivity contribution is 6.09. The van der Waals surface area contributed by atoms with Gasteiger partial charge in [-0.2, -0.15) is 0 Å². The molecule has 0 unspecified atom stereocenters. The first-order valence-corrected chi connectivity index (χ1v) is 10.6. The Morgan fingerprint density at radius 1 is 1.00 bits per heavy atom. The normalized spacial score (nSPS) is 11.2. The van der Waals surface area contributed by atoms with Crippen molar-refractivity contribution in [2.45, 2.75) is 52.4 Å². The number of hydrogen-bond donors (Lipinski definition) is 1. The molecule has 0 atom stereocenters. The number of aryl methyl sites for hydroxylation is 1. The van der Waals surface area contributed by atoms with E-state index in [9.17, 15) is 4.79 Å². The summed E-state index contributed by atoms with van der Waals surface area (Å²) in [6, 6.07) is 15.8. The number of unbranched alkanes of at least 4 members (excludes halogenated alkanes) is 4. The number of amides is 1. The van der Waals surface area contributed by atoms with Crippen molar-refractivity contribution in [1.29, 1.82) is 0 Å². The Kier molecular flexibility index (Phi) is 7.57. The molecule has 1 aromatic heterocycles. The van der Waals surface area contributed by atoms with Crippen molar-refractivity contribution in [3.05, 3.63) is 83.6 Å². The standard InChI is InChI=1S/C26H30N2O/c1-3-4-5-6-7-8-9-14-21-15-10-13-20(2)24(21)26(29)28-23-18-11-16-22-17-12-19-27-25(22)23/h8-13,15-19H,3-7,14H2,1-2H3,(H,28,29)/b9-8+. The fourth-order valence-corrected chi connectivity index (χ4v) is 3.63. The van der Waals surface area contributed by atoms with E-state index < -0.39 is 0 Å². The summed E-state index contributed by atoms with van der Waals surface area (Å²) >= 11 is 0. The number of benzene rings is 2. The predicted molar refractivity (Wildman–Crippen MR) is 122 cm³/mol. The maximum Gasteiger partial charge on any atom is 0.256 e. The maximum atomic E-state index is 13.1. The molecule has 0 radical (unpaired) electrons. The third-order valence-electron chi connectivity index (χ3n) is 5.20. The SMILES string of the molecule is CCCCCC/C=C/Cc1cccc(C)c1C(=O)Nc1cccc2cccnc12. The van der Waals surface area contributed by atoms with E-state index in [1.54, 1.807) is 6.20 Å². The van der Waals surface area contributed by atoms with Crippen LogP contribution < -0.4 is 5.32 Å². The van der Waals surface area contributed by atoms with Gasteiger partial charge in [-0.3, -0.25) is 9.78 Å². The van der Waals surface area contributed by atoms with Crippen LogP contribution in [0.3, 0.4) is 0 Å². The van der Waals surface area contributed by atoms with Crippen molar-refractivity contribution in [3.8, 4) is 0 Å². The number of nitrogens with one attached hydrogen (secondary N) is 1. The van der Waals surface area contributed by atoms with Crippen molar-refractivity contribution in [1.82, 2.24) is 4.98 Å². The molecule has 1 amide bonds. The number of hydrogen-bond acceptors (Lipinski definition) is 2. The van der Waals surface area contributed by atoms with E-state index in [-0.39, 0.29) is 5.91 Å². The molecular weight excluding hydrogens is 356 g/mol. The van der Waals surface area contributed by atoms with Crippen LogP contribution in [0.1, 0.15) is 60.5 Å². The molecule has 0 bridgehead atoms. The van der Waals surface area contributed by atoms with Gasteiger partial charge in [0.2, 0.25) is 0 Å². The second-order valence-electron chi connectivity index (χ2n) is 7.47. The molecule has 0 saturated heterocycles. The zero-order chi connectivity index (χ0) is 20.5. The quantitative estimate of drug-likeness (QED) is 0.322. The maximum absolute atomic E-state index is 13.1. The zero-order valence-electron chi connectivity index (χ0n) is 17.4. The van der Waals surface area contributed by atoms with Crippen LogP contribution in [0.2, 0.25) is 0 Å². The van der Waals surface area contributed by atoms with Crippen LogP contribution in [-0.4, -0.2) is 10.9 Å². The Morgan fingerprint density at radius 3 is 2.69 bits per heavy atom. The highest BCUT2D eigenvalue weighted by atomic mass is 16.1. The van der Waals surface area contributed by atoms with E-state index in [4.69, 9.17) is 0 Å². The van der Waals surface area contributed by atoms with Crippen molar-refractivity contribution < 1.29 is 4.79 Å². The van der Waals surface area contributed by atoms with Crippen molar-refractivity contribution in [3.63, 3.8) is 0 Å². The lowest BCUT2D eigenvalue weighted by Crippen LogP contribution is -2.16. The molecule has 0 fully saturated rings. The summed E-state index contributed by atoms with van der Waals surface area (Å²) in [4.78, 5) is 17.6. The van der Waals surface area contributed by atoms with Gasteiger partial charge in [-0.1, -0.05) is 74.7 Å². The molecule has 0 aliphatic carbocycles. The van der Waals surface area contributed by atoms with Crippen LogP contribution in [0.5, 0.6) is 0 Å². The fraction of sp³-hybridized carbons (Fsp3) is 0.308. The average Bonchev–Trinajstić information content (AvgIpc) is 2.73. The topological polar surface area (TPSA) is 42.0 Å². The van der Waals surface area contributed by atoms with Gasteiger partial charge in [0, 0.05) is 17.1 Å². The molecule has 0 aliphatic heterocycles. The molecule has 29 heavy (non-hydrogen) atoms. The number of allylic oxidation sites excluding steroid dienone is 2. The van der Waals surface area contributed by atoms with E-state index in [0.717, 1.165) is 46.1 Å². The molecule has 3 rings (SSSR count). The van der Waals surface area contributed by atoms with E-state index in [1.165, 1.54) is 25.7 Å². The fourth-order valence-electron chi connectivity index (χ4n) is 3.63. The smallest absolute Gasteiger partial charge is 0.256 e. The summed E-state index contributed by atoms with van der Waals surface area (Å²) in [5.74, 6) is -0.0763. The minimum atomic E-state index is -0.0763. The molecule has 1 heterocycles. The summed E-state index contributed by atoms with van der Waals surface area (Å²) < 4.78 is 0. The number of carbonyl (C=O) groups is 1. The van der Waals surface area contributed by atoms with Gasteiger partial charge in [-0.25, -0.2) is 0 Å². The van der Waals surface area contributed by atoms with Crippen LogP contribution in [-0.2, 0) is 6.42 Å². The Bertz CT molecular complexity index is 986. The Hall–Kier alpha value is -2.94. The number of pyridine rings is 1. The van der Waals surface area contributed by atoms with E-state index in [2.05, 4.69) is 29.4 Å². The van der Waals surface area contributed by atoms with Gasteiger partial charge >= 0.3 is 0 Å². The number of anilines is 1. The van der Waals surface area contributed by atoms with Crippen molar-refractivity contribution in [2.75, 3.05) is 5.32 Å². The molecule has 3 heteroatoms.